The summed E-state index contributed by atoms with van der Waals surface area (Å²) in [7, 11) is 0. The Labute approximate surface area is 159 Å². The minimum Gasteiger partial charge on any atom is -0.457 e. The Morgan fingerprint density at radius 1 is 1.12 bits per heavy atom. The van der Waals surface area contributed by atoms with E-state index < -0.39 is 18.5 Å². The predicted octanol–water partition coefficient (Wildman–Crippen LogP) is 4.81. The molecule has 0 bridgehead atoms. The van der Waals surface area contributed by atoms with E-state index in [-0.39, 0.29) is 5.76 Å². The molecule has 0 fully saturated rings. The van der Waals surface area contributed by atoms with Gasteiger partial charge >= 0.3 is 5.97 Å². The van der Waals surface area contributed by atoms with Crippen molar-refractivity contribution in [1.82, 2.24) is 0 Å². The monoisotopic (exact) mass is 413 g/mol. The number of aryl methyl sites for hydroxylation is 1. The molecule has 1 amide bonds. The van der Waals surface area contributed by atoms with Crippen LogP contribution >= 0.6 is 15.9 Å². The van der Waals surface area contributed by atoms with Gasteiger partial charge in [-0.05, 0) is 42.3 Å². The van der Waals surface area contributed by atoms with Crippen molar-refractivity contribution >= 4 is 33.5 Å². The lowest BCUT2D eigenvalue weighted by atomic mass is 10.1. The van der Waals surface area contributed by atoms with Crippen LogP contribution in [0.3, 0.4) is 0 Å². The lowest BCUT2D eigenvalue weighted by Gasteiger charge is -2.09. The molecule has 3 aromatic rings. The standard InChI is InChI=1S/C20H16BrNO4/c1-13-11-15(21)7-8-17(13)22-18(23)12-26-20(24)19-16(9-10-25-19)14-5-3-2-4-6-14/h2-11H,12H2,1H3,(H,22,23). The third-order valence-corrected chi connectivity index (χ3v) is 4.23. The number of anilines is 1. The summed E-state index contributed by atoms with van der Waals surface area (Å²) in [5, 5.41) is 2.72. The fraction of sp³-hybridized carbons (Fsp3) is 0.100. The van der Waals surface area contributed by atoms with Gasteiger partial charge in [-0.2, -0.15) is 0 Å². The quantitative estimate of drug-likeness (QED) is 0.609. The number of benzene rings is 2. The fourth-order valence-electron chi connectivity index (χ4n) is 2.46. The lowest BCUT2D eigenvalue weighted by Crippen LogP contribution is -2.21. The summed E-state index contributed by atoms with van der Waals surface area (Å²) in [6.45, 7) is 1.48. The van der Waals surface area contributed by atoms with Crippen molar-refractivity contribution in [1.29, 1.82) is 0 Å². The zero-order valence-electron chi connectivity index (χ0n) is 14.0. The summed E-state index contributed by atoms with van der Waals surface area (Å²) < 4.78 is 11.3. The average Bonchev–Trinajstić information content (AvgIpc) is 3.13. The third kappa shape index (κ3) is 4.21. The van der Waals surface area contributed by atoms with E-state index in [1.807, 2.05) is 49.4 Å². The van der Waals surface area contributed by atoms with Crippen LogP contribution in [0.25, 0.3) is 11.1 Å². The minimum absolute atomic E-state index is 0.0730. The molecule has 0 radical (unpaired) electrons. The van der Waals surface area contributed by atoms with E-state index in [1.54, 1.807) is 12.1 Å². The van der Waals surface area contributed by atoms with E-state index in [9.17, 15) is 9.59 Å². The molecular weight excluding hydrogens is 398 g/mol. The van der Waals surface area contributed by atoms with E-state index >= 15 is 0 Å². The van der Waals surface area contributed by atoms with Gasteiger partial charge in [-0.15, -0.1) is 0 Å². The smallest absolute Gasteiger partial charge is 0.375 e. The molecule has 0 atom stereocenters. The van der Waals surface area contributed by atoms with Crippen LogP contribution in [0.5, 0.6) is 0 Å². The Balaban J connectivity index is 1.63. The predicted molar refractivity (Wildman–Crippen MR) is 102 cm³/mol. The summed E-state index contributed by atoms with van der Waals surface area (Å²) in [4.78, 5) is 24.3. The van der Waals surface area contributed by atoms with E-state index in [2.05, 4.69) is 21.2 Å². The Morgan fingerprint density at radius 3 is 2.62 bits per heavy atom. The minimum atomic E-state index is -0.684. The number of rotatable bonds is 5. The number of nitrogens with one attached hydrogen (secondary N) is 1. The van der Waals surface area contributed by atoms with Crippen LogP contribution in [0, 0.1) is 6.92 Å². The molecule has 6 heteroatoms. The Bertz CT molecular complexity index is 934. The Kier molecular flexibility index (Phi) is 5.53. The van der Waals surface area contributed by atoms with Gasteiger partial charge in [-0.1, -0.05) is 46.3 Å². The fourth-order valence-corrected chi connectivity index (χ4v) is 2.94. The number of esters is 1. The van der Waals surface area contributed by atoms with Crippen LogP contribution in [0.2, 0.25) is 0 Å². The number of hydrogen-bond acceptors (Lipinski definition) is 4. The number of halogens is 1. The van der Waals surface area contributed by atoms with Gasteiger partial charge in [0.1, 0.15) is 0 Å². The molecule has 26 heavy (non-hydrogen) atoms. The number of amides is 1. The van der Waals surface area contributed by atoms with Gasteiger partial charge in [-0.25, -0.2) is 4.79 Å². The molecule has 1 N–H and O–H groups in total. The zero-order valence-corrected chi connectivity index (χ0v) is 15.6. The largest absolute Gasteiger partial charge is 0.457 e. The van der Waals surface area contributed by atoms with E-state index in [1.165, 1.54) is 6.26 Å². The van der Waals surface area contributed by atoms with Gasteiger partial charge in [0.2, 0.25) is 5.76 Å². The second-order valence-corrected chi connectivity index (χ2v) is 6.53. The second-order valence-electron chi connectivity index (χ2n) is 5.61. The van der Waals surface area contributed by atoms with Gasteiger partial charge in [0.15, 0.2) is 6.61 Å². The molecule has 0 aliphatic carbocycles. The first-order valence-corrected chi connectivity index (χ1v) is 8.70. The van der Waals surface area contributed by atoms with Gasteiger partial charge < -0.3 is 14.5 Å². The Hall–Kier alpha value is -2.86. The van der Waals surface area contributed by atoms with E-state index in [4.69, 9.17) is 9.15 Å². The first-order valence-electron chi connectivity index (χ1n) is 7.90. The van der Waals surface area contributed by atoms with E-state index in [0.717, 1.165) is 15.6 Å². The van der Waals surface area contributed by atoms with Crippen molar-refractivity contribution < 1.29 is 18.7 Å². The molecule has 0 spiro atoms. The van der Waals surface area contributed by atoms with Crippen molar-refractivity contribution in [3.8, 4) is 11.1 Å². The van der Waals surface area contributed by atoms with Crippen LogP contribution in [-0.2, 0) is 9.53 Å². The van der Waals surface area contributed by atoms with Crippen molar-refractivity contribution in [2.24, 2.45) is 0 Å². The van der Waals surface area contributed by atoms with Crippen LogP contribution in [0.1, 0.15) is 16.1 Å². The van der Waals surface area contributed by atoms with Crippen molar-refractivity contribution in [2.45, 2.75) is 6.92 Å². The molecule has 1 aromatic heterocycles. The maximum atomic E-state index is 12.3. The molecule has 3 rings (SSSR count). The summed E-state index contributed by atoms with van der Waals surface area (Å²) >= 11 is 3.37. The second kappa shape index (κ2) is 8.01. The maximum Gasteiger partial charge on any atom is 0.375 e. The molecular formula is C20H16BrNO4. The molecule has 0 aliphatic heterocycles. The lowest BCUT2D eigenvalue weighted by molar-refractivity contribution is -0.119. The SMILES string of the molecule is Cc1cc(Br)ccc1NC(=O)COC(=O)c1occc1-c1ccccc1. The normalized spacial score (nSPS) is 10.4. The highest BCUT2D eigenvalue weighted by atomic mass is 79.9. The Morgan fingerprint density at radius 2 is 1.88 bits per heavy atom. The molecule has 5 nitrogen and oxygen atoms in total. The highest BCUT2D eigenvalue weighted by Crippen LogP contribution is 2.25. The molecule has 132 valence electrons. The van der Waals surface area contributed by atoms with Crippen molar-refractivity contribution in [3.63, 3.8) is 0 Å². The number of ether oxygens (including phenoxy) is 1. The first kappa shape index (κ1) is 17.9. The zero-order chi connectivity index (χ0) is 18.5. The number of hydrogen-bond donors (Lipinski definition) is 1. The third-order valence-electron chi connectivity index (χ3n) is 3.73. The number of carbonyl (C=O) groups excluding carboxylic acids is 2. The van der Waals surface area contributed by atoms with Gasteiger partial charge in [-0.3, -0.25) is 4.79 Å². The molecule has 2 aromatic carbocycles. The molecule has 1 heterocycles. The topological polar surface area (TPSA) is 68.5 Å². The average molecular weight is 414 g/mol. The maximum absolute atomic E-state index is 12.3. The molecule has 0 saturated carbocycles. The first-order chi connectivity index (χ1) is 12.5. The van der Waals surface area contributed by atoms with Crippen molar-refractivity contribution in [2.75, 3.05) is 11.9 Å². The van der Waals surface area contributed by atoms with Gasteiger partial charge in [0.05, 0.1) is 6.26 Å². The molecule has 0 saturated heterocycles. The van der Waals surface area contributed by atoms with E-state index in [0.29, 0.717) is 11.3 Å². The van der Waals surface area contributed by atoms with Crippen LogP contribution in [0.15, 0.2) is 69.8 Å². The van der Waals surface area contributed by atoms with Crippen LogP contribution < -0.4 is 5.32 Å². The summed E-state index contributed by atoms with van der Waals surface area (Å²) in [5.41, 5.74) is 3.02. The summed E-state index contributed by atoms with van der Waals surface area (Å²) in [6.07, 6.45) is 1.42. The highest BCUT2D eigenvalue weighted by molar-refractivity contribution is 9.10. The molecule has 0 unspecified atom stereocenters. The summed E-state index contributed by atoms with van der Waals surface area (Å²) in [6, 6.07) is 16.5. The number of carbonyl (C=O) groups is 2. The highest BCUT2D eigenvalue weighted by Gasteiger charge is 2.19. The van der Waals surface area contributed by atoms with Crippen LogP contribution in [-0.4, -0.2) is 18.5 Å². The molecule has 0 aliphatic rings. The van der Waals surface area contributed by atoms with Crippen LogP contribution in [0.4, 0.5) is 5.69 Å². The van der Waals surface area contributed by atoms with Gasteiger partial charge in [0, 0.05) is 15.7 Å². The summed E-state index contributed by atoms with van der Waals surface area (Å²) in [5.74, 6) is -1.03. The van der Waals surface area contributed by atoms with Gasteiger partial charge in [0.25, 0.3) is 5.91 Å². The van der Waals surface area contributed by atoms with Crippen molar-refractivity contribution in [3.05, 3.63) is 76.7 Å². The number of furan rings is 1.